The zero-order valence-electron chi connectivity index (χ0n) is 8.92. The standard InChI is InChI=1S/C11H17N3O/c1-8-7-9(3-4-10(8)13)11(15)14-6-2-5-12/h3-4,7H,2,5-6,12-13H2,1H3,(H,14,15). The summed E-state index contributed by atoms with van der Waals surface area (Å²) >= 11 is 0. The first-order chi connectivity index (χ1) is 7.15. The van der Waals surface area contributed by atoms with E-state index in [1.807, 2.05) is 6.92 Å². The number of rotatable bonds is 4. The van der Waals surface area contributed by atoms with Crippen LogP contribution >= 0.6 is 0 Å². The van der Waals surface area contributed by atoms with Crippen molar-refractivity contribution in [1.29, 1.82) is 0 Å². The van der Waals surface area contributed by atoms with Gasteiger partial charge in [0, 0.05) is 17.8 Å². The van der Waals surface area contributed by atoms with Gasteiger partial charge in [0.2, 0.25) is 0 Å². The third kappa shape index (κ3) is 3.25. The molecule has 0 aromatic heterocycles. The Morgan fingerprint density at radius 1 is 1.47 bits per heavy atom. The minimum Gasteiger partial charge on any atom is -0.399 e. The molecule has 0 saturated carbocycles. The number of carbonyl (C=O) groups is 1. The van der Waals surface area contributed by atoms with Crippen molar-refractivity contribution >= 4 is 11.6 Å². The van der Waals surface area contributed by atoms with Crippen molar-refractivity contribution < 1.29 is 4.79 Å². The van der Waals surface area contributed by atoms with Crippen LogP contribution in [-0.2, 0) is 0 Å². The van der Waals surface area contributed by atoms with E-state index in [1.165, 1.54) is 0 Å². The van der Waals surface area contributed by atoms with Crippen LogP contribution in [0.25, 0.3) is 0 Å². The number of amides is 1. The molecule has 0 bridgehead atoms. The highest BCUT2D eigenvalue weighted by molar-refractivity contribution is 5.94. The molecule has 0 unspecified atom stereocenters. The van der Waals surface area contributed by atoms with Crippen LogP contribution < -0.4 is 16.8 Å². The lowest BCUT2D eigenvalue weighted by atomic mass is 10.1. The zero-order chi connectivity index (χ0) is 11.3. The molecular formula is C11H17N3O. The Kier molecular flexibility index (Phi) is 4.12. The number of aryl methyl sites for hydroxylation is 1. The summed E-state index contributed by atoms with van der Waals surface area (Å²) in [7, 11) is 0. The molecule has 82 valence electrons. The molecule has 0 aliphatic rings. The van der Waals surface area contributed by atoms with Crippen molar-refractivity contribution in [3.63, 3.8) is 0 Å². The van der Waals surface area contributed by atoms with Gasteiger partial charge in [0.05, 0.1) is 0 Å². The van der Waals surface area contributed by atoms with Crippen molar-refractivity contribution in [2.45, 2.75) is 13.3 Å². The summed E-state index contributed by atoms with van der Waals surface area (Å²) in [4.78, 5) is 11.6. The fourth-order valence-corrected chi connectivity index (χ4v) is 1.22. The predicted molar refractivity (Wildman–Crippen MR) is 61.6 cm³/mol. The lowest BCUT2D eigenvalue weighted by Gasteiger charge is -2.06. The molecule has 5 N–H and O–H groups in total. The first-order valence-corrected chi connectivity index (χ1v) is 4.99. The summed E-state index contributed by atoms with van der Waals surface area (Å²) in [6, 6.07) is 5.25. The van der Waals surface area contributed by atoms with E-state index in [-0.39, 0.29) is 5.91 Å². The summed E-state index contributed by atoms with van der Waals surface area (Å²) in [5.41, 5.74) is 13.2. The lowest BCUT2D eigenvalue weighted by molar-refractivity contribution is 0.0953. The predicted octanol–water partition coefficient (Wildman–Crippen LogP) is 0.656. The number of anilines is 1. The van der Waals surface area contributed by atoms with Crippen molar-refractivity contribution in [1.82, 2.24) is 5.32 Å². The zero-order valence-corrected chi connectivity index (χ0v) is 8.92. The Balaban J connectivity index is 2.62. The highest BCUT2D eigenvalue weighted by Crippen LogP contribution is 2.12. The molecule has 0 heterocycles. The number of hydrogen-bond donors (Lipinski definition) is 3. The van der Waals surface area contributed by atoms with Crippen LogP contribution in [-0.4, -0.2) is 19.0 Å². The van der Waals surface area contributed by atoms with E-state index in [1.54, 1.807) is 18.2 Å². The molecule has 0 fully saturated rings. The first kappa shape index (κ1) is 11.5. The van der Waals surface area contributed by atoms with Crippen molar-refractivity contribution in [3.8, 4) is 0 Å². The maximum atomic E-state index is 11.6. The van der Waals surface area contributed by atoms with Crippen LogP contribution in [0.15, 0.2) is 18.2 Å². The molecular weight excluding hydrogens is 190 g/mol. The third-order valence-corrected chi connectivity index (χ3v) is 2.20. The Bertz CT molecular complexity index is 350. The number of hydrogen-bond acceptors (Lipinski definition) is 3. The largest absolute Gasteiger partial charge is 0.399 e. The Morgan fingerprint density at radius 3 is 2.80 bits per heavy atom. The molecule has 1 rings (SSSR count). The van der Waals surface area contributed by atoms with E-state index >= 15 is 0 Å². The monoisotopic (exact) mass is 207 g/mol. The van der Waals surface area contributed by atoms with Crippen LogP contribution in [0.2, 0.25) is 0 Å². The Morgan fingerprint density at radius 2 is 2.20 bits per heavy atom. The van der Waals surface area contributed by atoms with Gasteiger partial charge >= 0.3 is 0 Å². The number of nitrogen functional groups attached to an aromatic ring is 1. The summed E-state index contributed by atoms with van der Waals surface area (Å²) < 4.78 is 0. The van der Waals surface area contributed by atoms with Gasteiger partial charge in [-0.3, -0.25) is 4.79 Å². The quantitative estimate of drug-likeness (QED) is 0.501. The molecule has 4 nitrogen and oxygen atoms in total. The van der Waals surface area contributed by atoms with Crippen LogP contribution in [0.3, 0.4) is 0 Å². The number of nitrogens with two attached hydrogens (primary N) is 2. The molecule has 0 aliphatic carbocycles. The lowest BCUT2D eigenvalue weighted by Crippen LogP contribution is -2.26. The van der Waals surface area contributed by atoms with E-state index in [4.69, 9.17) is 11.5 Å². The SMILES string of the molecule is Cc1cc(C(=O)NCCCN)ccc1N. The molecule has 1 aromatic rings. The van der Waals surface area contributed by atoms with Gasteiger partial charge in [0.25, 0.3) is 5.91 Å². The van der Waals surface area contributed by atoms with Crippen molar-refractivity contribution in [2.75, 3.05) is 18.8 Å². The van der Waals surface area contributed by atoms with Crippen LogP contribution in [0.4, 0.5) is 5.69 Å². The molecule has 4 heteroatoms. The fraction of sp³-hybridized carbons (Fsp3) is 0.364. The second kappa shape index (κ2) is 5.36. The van der Waals surface area contributed by atoms with Gasteiger partial charge < -0.3 is 16.8 Å². The molecule has 1 aromatic carbocycles. The molecule has 15 heavy (non-hydrogen) atoms. The van der Waals surface area contributed by atoms with Crippen molar-refractivity contribution in [3.05, 3.63) is 29.3 Å². The van der Waals surface area contributed by atoms with E-state index in [9.17, 15) is 4.79 Å². The topological polar surface area (TPSA) is 81.1 Å². The van der Waals surface area contributed by atoms with Gasteiger partial charge in [0.1, 0.15) is 0 Å². The number of carbonyl (C=O) groups excluding carboxylic acids is 1. The molecule has 0 radical (unpaired) electrons. The second-order valence-electron chi connectivity index (χ2n) is 3.47. The molecule has 0 saturated heterocycles. The van der Waals surface area contributed by atoms with Crippen molar-refractivity contribution in [2.24, 2.45) is 5.73 Å². The molecule has 0 atom stereocenters. The Hall–Kier alpha value is -1.55. The molecule has 0 spiro atoms. The summed E-state index contributed by atoms with van der Waals surface area (Å²) in [5, 5.41) is 2.79. The maximum Gasteiger partial charge on any atom is 0.251 e. The second-order valence-corrected chi connectivity index (χ2v) is 3.47. The van der Waals surface area contributed by atoms with Gasteiger partial charge in [-0.05, 0) is 43.7 Å². The van der Waals surface area contributed by atoms with Gasteiger partial charge in [-0.1, -0.05) is 0 Å². The molecule has 1 amide bonds. The number of benzene rings is 1. The molecule has 0 aliphatic heterocycles. The minimum absolute atomic E-state index is 0.0773. The Labute approximate surface area is 89.6 Å². The van der Waals surface area contributed by atoms with Gasteiger partial charge in [-0.2, -0.15) is 0 Å². The van der Waals surface area contributed by atoms with E-state index < -0.39 is 0 Å². The van der Waals surface area contributed by atoms with E-state index in [0.29, 0.717) is 24.3 Å². The van der Waals surface area contributed by atoms with Gasteiger partial charge in [0.15, 0.2) is 0 Å². The normalized spacial score (nSPS) is 10.0. The number of nitrogens with one attached hydrogen (secondary N) is 1. The van der Waals surface area contributed by atoms with E-state index in [0.717, 1.165) is 12.0 Å². The van der Waals surface area contributed by atoms with Gasteiger partial charge in [-0.25, -0.2) is 0 Å². The summed E-state index contributed by atoms with van der Waals surface area (Å²) in [6.45, 7) is 3.08. The summed E-state index contributed by atoms with van der Waals surface area (Å²) in [5.74, 6) is -0.0773. The van der Waals surface area contributed by atoms with Crippen LogP contribution in [0.1, 0.15) is 22.3 Å². The first-order valence-electron chi connectivity index (χ1n) is 4.99. The highest BCUT2D eigenvalue weighted by atomic mass is 16.1. The summed E-state index contributed by atoms with van der Waals surface area (Å²) in [6.07, 6.45) is 0.791. The highest BCUT2D eigenvalue weighted by Gasteiger charge is 2.05. The smallest absolute Gasteiger partial charge is 0.251 e. The average molecular weight is 207 g/mol. The van der Waals surface area contributed by atoms with Crippen LogP contribution in [0.5, 0.6) is 0 Å². The van der Waals surface area contributed by atoms with Gasteiger partial charge in [-0.15, -0.1) is 0 Å². The fourth-order valence-electron chi connectivity index (χ4n) is 1.22. The maximum absolute atomic E-state index is 11.6. The van der Waals surface area contributed by atoms with Crippen LogP contribution in [0, 0.1) is 6.92 Å². The minimum atomic E-state index is -0.0773. The third-order valence-electron chi connectivity index (χ3n) is 2.20. The average Bonchev–Trinajstić information content (AvgIpc) is 2.22. The van der Waals surface area contributed by atoms with E-state index in [2.05, 4.69) is 5.32 Å².